The summed E-state index contributed by atoms with van der Waals surface area (Å²) in [4.78, 5) is 11.6. The second-order valence-corrected chi connectivity index (χ2v) is 7.12. The number of nitrogens with one attached hydrogen (secondary N) is 2. The summed E-state index contributed by atoms with van der Waals surface area (Å²) >= 11 is 0. The smallest absolute Gasteiger partial charge is 0.191 e. The Kier molecular flexibility index (Phi) is 7.25. The summed E-state index contributed by atoms with van der Waals surface area (Å²) < 4.78 is 5.63. The van der Waals surface area contributed by atoms with E-state index in [4.69, 9.17) is 9.73 Å². The van der Waals surface area contributed by atoms with Gasteiger partial charge < -0.3 is 20.3 Å². The third-order valence-electron chi connectivity index (χ3n) is 4.85. The van der Waals surface area contributed by atoms with Crippen molar-refractivity contribution in [2.45, 2.75) is 40.0 Å². The van der Waals surface area contributed by atoms with Gasteiger partial charge in [0, 0.05) is 32.4 Å². The summed E-state index contributed by atoms with van der Waals surface area (Å²) in [7, 11) is 0. The number of aromatic nitrogens is 1. The van der Waals surface area contributed by atoms with E-state index in [2.05, 4.69) is 71.6 Å². The van der Waals surface area contributed by atoms with E-state index in [1.807, 2.05) is 12.3 Å². The molecule has 6 heteroatoms. The number of hydrogen-bond donors (Lipinski definition) is 2. The Labute approximate surface area is 168 Å². The van der Waals surface area contributed by atoms with Crippen molar-refractivity contribution in [1.29, 1.82) is 0 Å². The van der Waals surface area contributed by atoms with Gasteiger partial charge in [-0.1, -0.05) is 24.3 Å². The van der Waals surface area contributed by atoms with E-state index in [9.17, 15) is 0 Å². The summed E-state index contributed by atoms with van der Waals surface area (Å²) in [5, 5.41) is 6.75. The van der Waals surface area contributed by atoms with Crippen LogP contribution in [0.5, 0.6) is 0 Å². The second-order valence-electron chi connectivity index (χ2n) is 7.12. The molecule has 0 saturated carbocycles. The number of aryl methyl sites for hydroxylation is 1. The molecule has 0 bridgehead atoms. The van der Waals surface area contributed by atoms with Crippen molar-refractivity contribution in [3.8, 4) is 0 Å². The van der Waals surface area contributed by atoms with Crippen molar-refractivity contribution < 1.29 is 4.74 Å². The lowest BCUT2D eigenvalue weighted by atomic mass is 10.1. The van der Waals surface area contributed by atoms with Crippen LogP contribution in [0.15, 0.2) is 47.6 Å². The first-order chi connectivity index (χ1) is 13.7. The highest BCUT2D eigenvalue weighted by molar-refractivity contribution is 5.79. The minimum absolute atomic E-state index is 0.239. The highest BCUT2D eigenvalue weighted by atomic mass is 16.5. The van der Waals surface area contributed by atoms with Crippen LogP contribution in [-0.4, -0.2) is 43.3 Å². The van der Waals surface area contributed by atoms with E-state index in [1.54, 1.807) is 0 Å². The highest BCUT2D eigenvalue weighted by Crippen LogP contribution is 2.17. The van der Waals surface area contributed by atoms with Gasteiger partial charge in [-0.05, 0) is 49.6 Å². The minimum Gasteiger partial charge on any atom is -0.375 e. The predicted molar refractivity (Wildman–Crippen MR) is 115 cm³/mol. The number of rotatable bonds is 6. The Balaban J connectivity index is 1.64. The van der Waals surface area contributed by atoms with Crippen LogP contribution in [0.4, 0.5) is 5.82 Å². The molecule has 1 atom stereocenters. The van der Waals surface area contributed by atoms with E-state index in [1.165, 1.54) is 11.1 Å². The minimum atomic E-state index is 0.239. The maximum Gasteiger partial charge on any atom is 0.191 e. The predicted octanol–water partition coefficient (Wildman–Crippen LogP) is 2.87. The average molecular weight is 382 g/mol. The molecular formula is C22H31N5O. The molecule has 2 N–H and O–H groups in total. The topological polar surface area (TPSA) is 61.8 Å². The molecule has 1 saturated heterocycles. The summed E-state index contributed by atoms with van der Waals surface area (Å²) in [5.74, 6) is 1.82. The average Bonchev–Trinajstić information content (AvgIpc) is 2.71. The fraction of sp³-hybridized carbons (Fsp3) is 0.455. The maximum absolute atomic E-state index is 5.63. The summed E-state index contributed by atoms with van der Waals surface area (Å²) in [5.41, 5.74) is 3.71. The quantitative estimate of drug-likeness (QED) is 0.595. The number of pyridine rings is 1. The van der Waals surface area contributed by atoms with Crippen LogP contribution < -0.4 is 15.5 Å². The second kappa shape index (κ2) is 10.1. The van der Waals surface area contributed by atoms with Crippen LogP contribution in [0, 0.1) is 6.92 Å². The standard InChI is InChI=1S/C22H31N5O/c1-4-23-22(26-15-20-8-6-5-7-17(20)2)25-14-19-9-10-24-21(13-19)27-11-12-28-18(3)16-27/h5-10,13,18H,4,11-12,14-16H2,1-3H3,(H2,23,25,26). The van der Waals surface area contributed by atoms with E-state index in [0.717, 1.165) is 50.1 Å². The van der Waals surface area contributed by atoms with Gasteiger partial charge >= 0.3 is 0 Å². The number of benzene rings is 1. The number of nitrogens with zero attached hydrogens (tertiary/aromatic N) is 3. The first kappa shape index (κ1) is 20.1. The van der Waals surface area contributed by atoms with Crippen molar-refractivity contribution in [2.75, 3.05) is 31.1 Å². The van der Waals surface area contributed by atoms with Crippen molar-refractivity contribution in [2.24, 2.45) is 4.99 Å². The molecule has 0 amide bonds. The van der Waals surface area contributed by atoms with Gasteiger partial charge in [-0.25, -0.2) is 9.98 Å². The van der Waals surface area contributed by atoms with E-state index in [-0.39, 0.29) is 6.10 Å². The molecule has 1 aromatic carbocycles. The fourth-order valence-electron chi connectivity index (χ4n) is 3.26. The molecule has 6 nitrogen and oxygen atoms in total. The molecule has 0 spiro atoms. The zero-order valence-electron chi connectivity index (χ0n) is 17.1. The SMILES string of the molecule is CCNC(=NCc1ccnc(N2CCOC(C)C2)c1)NCc1ccccc1C. The lowest BCUT2D eigenvalue weighted by Crippen LogP contribution is -2.41. The highest BCUT2D eigenvalue weighted by Gasteiger charge is 2.17. The van der Waals surface area contributed by atoms with Gasteiger partial charge in [0.25, 0.3) is 0 Å². The van der Waals surface area contributed by atoms with Crippen LogP contribution >= 0.6 is 0 Å². The van der Waals surface area contributed by atoms with Crippen molar-refractivity contribution in [3.63, 3.8) is 0 Å². The normalized spacial score (nSPS) is 17.5. The molecule has 0 radical (unpaired) electrons. The van der Waals surface area contributed by atoms with Gasteiger partial charge in [-0.3, -0.25) is 0 Å². The van der Waals surface area contributed by atoms with Crippen molar-refractivity contribution in [1.82, 2.24) is 15.6 Å². The molecule has 1 aliphatic rings. The van der Waals surface area contributed by atoms with E-state index in [0.29, 0.717) is 6.54 Å². The first-order valence-corrected chi connectivity index (χ1v) is 10.0. The molecule has 1 aliphatic heterocycles. The number of aliphatic imine (C=N–C) groups is 1. The van der Waals surface area contributed by atoms with E-state index >= 15 is 0 Å². The van der Waals surface area contributed by atoms with Crippen LogP contribution in [0.25, 0.3) is 0 Å². The van der Waals surface area contributed by atoms with Crippen molar-refractivity contribution >= 4 is 11.8 Å². The third-order valence-corrected chi connectivity index (χ3v) is 4.85. The summed E-state index contributed by atoms with van der Waals surface area (Å²) in [6.45, 7) is 11.0. The number of ether oxygens (including phenoxy) is 1. The molecule has 2 heterocycles. The molecule has 1 fully saturated rings. The van der Waals surface area contributed by atoms with Crippen molar-refractivity contribution in [3.05, 3.63) is 59.3 Å². The molecule has 150 valence electrons. The van der Waals surface area contributed by atoms with Gasteiger partial charge in [-0.15, -0.1) is 0 Å². The Morgan fingerprint density at radius 1 is 1.29 bits per heavy atom. The monoisotopic (exact) mass is 381 g/mol. The van der Waals surface area contributed by atoms with Gasteiger partial charge in [0.2, 0.25) is 0 Å². The molecule has 1 aromatic heterocycles. The Morgan fingerprint density at radius 2 is 2.14 bits per heavy atom. The largest absolute Gasteiger partial charge is 0.375 e. The molecule has 2 aromatic rings. The molecule has 28 heavy (non-hydrogen) atoms. The molecule has 3 rings (SSSR count). The Morgan fingerprint density at radius 3 is 2.93 bits per heavy atom. The lowest BCUT2D eigenvalue weighted by Gasteiger charge is -2.32. The van der Waals surface area contributed by atoms with Crippen LogP contribution in [-0.2, 0) is 17.8 Å². The summed E-state index contributed by atoms with van der Waals surface area (Å²) in [6.07, 6.45) is 2.11. The van der Waals surface area contributed by atoms with Crippen LogP contribution in [0.2, 0.25) is 0 Å². The molecular weight excluding hydrogens is 350 g/mol. The number of anilines is 1. The molecule has 0 aliphatic carbocycles. The van der Waals surface area contributed by atoms with Crippen LogP contribution in [0.3, 0.4) is 0 Å². The Hall–Kier alpha value is -2.60. The van der Waals surface area contributed by atoms with Gasteiger partial charge in [0.15, 0.2) is 5.96 Å². The third kappa shape index (κ3) is 5.70. The van der Waals surface area contributed by atoms with Crippen LogP contribution in [0.1, 0.15) is 30.5 Å². The Bertz CT molecular complexity index is 792. The zero-order chi connectivity index (χ0) is 19.8. The number of guanidine groups is 1. The van der Waals surface area contributed by atoms with E-state index < -0.39 is 0 Å². The maximum atomic E-state index is 5.63. The number of morpholine rings is 1. The first-order valence-electron chi connectivity index (χ1n) is 10.0. The lowest BCUT2D eigenvalue weighted by molar-refractivity contribution is 0.0529. The summed E-state index contributed by atoms with van der Waals surface area (Å²) in [6, 6.07) is 12.6. The van der Waals surface area contributed by atoms with Gasteiger partial charge in [0.1, 0.15) is 5.82 Å². The van der Waals surface area contributed by atoms with Gasteiger partial charge in [0.05, 0.1) is 19.3 Å². The molecule has 1 unspecified atom stereocenters. The fourth-order valence-corrected chi connectivity index (χ4v) is 3.26. The van der Waals surface area contributed by atoms with Gasteiger partial charge in [-0.2, -0.15) is 0 Å². The zero-order valence-corrected chi connectivity index (χ0v) is 17.1. The number of hydrogen-bond acceptors (Lipinski definition) is 4.